The second-order valence-electron chi connectivity index (χ2n) is 4.01. The molecule has 2 N–H and O–H groups in total. The summed E-state index contributed by atoms with van der Waals surface area (Å²) < 4.78 is 5.78. The van der Waals surface area contributed by atoms with Crippen molar-refractivity contribution in [2.45, 2.75) is 13.0 Å². The third-order valence-corrected chi connectivity index (χ3v) is 3.49. The number of methoxy groups -OCH3 is 1. The molecular weight excluding hydrogens is 312 g/mol. The Bertz CT molecular complexity index is 655. The first-order valence-electron chi connectivity index (χ1n) is 5.65. The van der Waals surface area contributed by atoms with Crippen LogP contribution in [0.5, 0.6) is 5.88 Å². The van der Waals surface area contributed by atoms with Gasteiger partial charge >= 0.3 is 0 Å². The topological polar surface area (TPSA) is 75.2 Å². The fraction of sp³-hybridized carbons (Fsp3) is 0.231. The van der Waals surface area contributed by atoms with Crippen molar-refractivity contribution in [2.75, 3.05) is 7.11 Å². The molecule has 6 heteroatoms. The van der Waals surface area contributed by atoms with Gasteiger partial charge in [-0.2, -0.15) is 4.98 Å². The molecule has 0 saturated carbocycles. The second-order valence-corrected chi connectivity index (χ2v) is 4.86. The molecule has 1 atom stereocenters. The quantitative estimate of drug-likeness (QED) is 0.910. The van der Waals surface area contributed by atoms with E-state index >= 15 is 0 Å². The molecule has 1 unspecified atom stereocenters. The minimum absolute atomic E-state index is 0.138. The molecule has 2 aromatic rings. The number of rotatable bonds is 3. The van der Waals surface area contributed by atoms with Crippen molar-refractivity contribution in [3.05, 3.63) is 44.9 Å². The Hall–Kier alpha value is -1.66. The van der Waals surface area contributed by atoms with E-state index in [4.69, 9.17) is 4.74 Å². The Balaban J connectivity index is 2.61. The molecule has 0 aliphatic heterocycles. The van der Waals surface area contributed by atoms with Crippen LogP contribution in [-0.2, 0) is 4.74 Å². The van der Waals surface area contributed by atoms with Crippen molar-refractivity contribution in [3.8, 4) is 17.0 Å². The lowest BCUT2D eigenvalue weighted by molar-refractivity contribution is 0.111. The molecule has 0 aliphatic carbocycles. The lowest BCUT2D eigenvalue weighted by atomic mass is 10.1. The molecule has 0 aliphatic rings. The van der Waals surface area contributed by atoms with Gasteiger partial charge < -0.3 is 14.8 Å². The molecule has 1 aromatic carbocycles. The first kappa shape index (κ1) is 13.8. The van der Waals surface area contributed by atoms with Gasteiger partial charge in [-0.15, -0.1) is 0 Å². The number of hydrogen-bond acceptors (Lipinski definition) is 4. The standard InChI is InChI=1S/C13H13BrN2O3/c1-7(19-2)11-15-12(17)10(13(18)16-11)8-5-3-4-6-9(8)14/h3-7H,1-2H3,(H2,15,16,17,18). The van der Waals surface area contributed by atoms with Crippen LogP contribution in [0.25, 0.3) is 11.1 Å². The van der Waals surface area contributed by atoms with E-state index in [1.165, 1.54) is 7.11 Å². The third-order valence-electron chi connectivity index (χ3n) is 2.80. The first-order valence-corrected chi connectivity index (χ1v) is 6.44. The number of nitrogens with one attached hydrogen (secondary N) is 1. The molecule has 5 nitrogen and oxygen atoms in total. The maximum atomic E-state index is 12.1. The summed E-state index contributed by atoms with van der Waals surface area (Å²) in [5.41, 5.74) is 0.322. The number of ether oxygens (including phenoxy) is 1. The van der Waals surface area contributed by atoms with E-state index in [1.807, 2.05) is 6.07 Å². The molecule has 19 heavy (non-hydrogen) atoms. The predicted molar refractivity (Wildman–Crippen MR) is 75.1 cm³/mol. The second kappa shape index (κ2) is 5.54. The van der Waals surface area contributed by atoms with Gasteiger partial charge in [-0.1, -0.05) is 34.1 Å². The summed E-state index contributed by atoms with van der Waals surface area (Å²) in [5.74, 6) is -0.0182. The monoisotopic (exact) mass is 324 g/mol. The number of aromatic nitrogens is 2. The molecule has 0 fully saturated rings. The zero-order chi connectivity index (χ0) is 14.0. The van der Waals surface area contributed by atoms with Crippen molar-refractivity contribution in [3.63, 3.8) is 0 Å². The van der Waals surface area contributed by atoms with Crippen LogP contribution >= 0.6 is 15.9 Å². The smallest absolute Gasteiger partial charge is 0.262 e. The summed E-state index contributed by atoms with van der Waals surface area (Å²) in [5, 5.41) is 9.99. The van der Waals surface area contributed by atoms with Crippen LogP contribution < -0.4 is 5.56 Å². The number of hydrogen-bond donors (Lipinski definition) is 2. The highest BCUT2D eigenvalue weighted by Gasteiger charge is 2.17. The first-order chi connectivity index (χ1) is 9.04. The lowest BCUT2D eigenvalue weighted by Crippen LogP contribution is -2.16. The van der Waals surface area contributed by atoms with Crippen molar-refractivity contribution in [1.29, 1.82) is 0 Å². The highest BCUT2D eigenvalue weighted by Crippen LogP contribution is 2.30. The SMILES string of the molecule is COC(C)c1nc(O)c(-c2ccccc2Br)c(=O)[nH]1. The van der Waals surface area contributed by atoms with Gasteiger partial charge in [0, 0.05) is 17.1 Å². The number of halogens is 1. The van der Waals surface area contributed by atoms with Crippen LogP contribution in [0.1, 0.15) is 18.9 Å². The Morgan fingerprint density at radius 2 is 2.11 bits per heavy atom. The fourth-order valence-corrected chi connectivity index (χ4v) is 2.17. The van der Waals surface area contributed by atoms with Gasteiger partial charge in [-0.3, -0.25) is 4.79 Å². The molecule has 1 heterocycles. The van der Waals surface area contributed by atoms with Crippen molar-refractivity contribution < 1.29 is 9.84 Å². The van der Waals surface area contributed by atoms with Gasteiger partial charge in [0.05, 0.1) is 0 Å². The van der Waals surface area contributed by atoms with E-state index < -0.39 is 11.7 Å². The maximum absolute atomic E-state index is 12.1. The molecule has 0 bridgehead atoms. The fourth-order valence-electron chi connectivity index (χ4n) is 1.69. The zero-order valence-electron chi connectivity index (χ0n) is 10.5. The lowest BCUT2D eigenvalue weighted by Gasteiger charge is -2.11. The average Bonchev–Trinajstić information content (AvgIpc) is 2.39. The summed E-state index contributed by atoms with van der Waals surface area (Å²) in [6.07, 6.45) is -0.396. The molecule has 100 valence electrons. The normalized spacial score (nSPS) is 12.4. The van der Waals surface area contributed by atoms with E-state index in [-0.39, 0.29) is 11.4 Å². The zero-order valence-corrected chi connectivity index (χ0v) is 12.1. The molecule has 0 spiro atoms. The minimum atomic E-state index is -0.404. The van der Waals surface area contributed by atoms with Gasteiger partial charge in [-0.25, -0.2) is 0 Å². The average molecular weight is 325 g/mol. The minimum Gasteiger partial charge on any atom is -0.493 e. The van der Waals surface area contributed by atoms with Crippen LogP contribution in [0.2, 0.25) is 0 Å². The Kier molecular flexibility index (Phi) is 4.01. The van der Waals surface area contributed by atoms with Crippen LogP contribution in [0, 0.1) is 0 Å². The van der Waals surface area contributed by atoms with Gasteiger partial charge in [0.1, 0.15) is 17.5 Å². The summed E-state index contributed by atoms with van der Waals surface area (Å²) in [6.45, 7) is 1.73. The summed E-state index contributed by atoms with van der Waals surface area (Å²) in [6, 6.07) is 7.13. The van der Waals surface area contributed by atoms with Gasteiger partial charge in [0.2, 0.25) is 5.88 Å². The van der Waals surface area contributed by atoms with E-state index in [0.29, 0.717) is 15.9 Å². The van der Waals surface area contributed by atoms with Gasteiger partial charge in [0.25, 0.3) is 5.56 Å². The van der Waals surface area contributed by atoms with Gasteiger partial charge in [-0.05, 0) is 13.0 Å². The Labute approximate surface area is 118 Å². The van der Waals surface area contributed by atoms with Crippen molar-refractivity contribution in [1.82, 2.24) is 9.97 Å². The van der Waals surface area contributed by atoms with Crippen LogP contribution in [0.15, 0.2) is 33.5 Å². The largest absolute Gasteiger partial charge is 0.493 e. The van der Waals surface area contributed by atoms with Crippen LogP contribution in [0.3, 0.4) is 0 Å². The summed E-state index contributed by atoms with van der Waals surface area (Å²) in [7, 11) is 1.50. The molecule has 0 amide bonds. The maximum Gasteiger partial charge on any atom is 0.262 e. The number of H-pyrrole nitrogens is 1. The summed E-state index contributed by atoms with van der Waals surface area (Å²) >= 11 is 3.35. The third kappa shape index (κ3) is 2.69. The van der Waals surface area contributed by atoms with Crippen LogP contribution in [-0.4, -0.2) is 22.2 Å². The molecule has 0 saturated heterocycles. The summed E-state index contributed by atoms with van der Waals surface area (Å²) in [4.78, 5) is 18.7. The number of aromatic hydroxyl groups is 1. The van der Waals surface area contributed by atoms with E-state index in [2.05, 4.69) is 25.9 Å². The van der Waals surface area contributed by atoms with Crippen LogP contribution in [0.4, 0.5) is 0 Å². The van der Waals surface area contributed by atoms with Crippen molar-refractivity contribution in [2.24, 2.45) is 0 Å². The number of nitrogens with zero attached hydrogens (tertiary/aromatic N) is 1. The van der Waals surface area contributed by atoms with Gasteiger partial charge in [0.15, 0.2) is 0 Å². The van der Waals surface area contributed by atoms with E-state index in [9.17, 15) is 9.90 Å². The predicted octanol–water partition coefficient (Wildman–Crippen LogP) is 2.61. The van der Waals surface area contributed by atoms with Crippen molar-refractivity contribution >= 4 is 15.9 Å². The number of benzene rings is 1. The molecular formula is C13H13BrN2O3. The van der Waals surface area contributed by atoms with E-state index in [1.54, 1.807) is 25.1 Å². The highest BCUT2D eigenvalue weighted by atomic mass is 79.9. The molecule has 1 aromatic heterocycles. The Morgan fingerprint density at radius 1 is 1.42 bits per heavy atom. The molecule has 2 rings (SSSR count). The molecule has 0 radical (unpaired) electrons. The highest BCUT2D eigenvalue weighted by molar-refractivity contribution is 9.10. The Morgan fingerprint density at radius 3 is 2.68 bits per heavy atom. The van der Waals surface area contributed by atoms with E-state index in [0.717, 1.165) is 0 Å². The number of aromatic amines is 1.